The molecule has 2 aromatic carbocycles. The summed E-state index contributed by atoms with van der Waals surface area (Å²) >= 11 is 0. The molecule has 0 saturated carbocycles. The van der Waals surface area contributed by atoms with Crippen molar-refractivity contribution in [2.45, 2.75) is 0 Å². The van der Waals surface area contributed by atoms with Gasteiger partial charge in [0.1, 0.15) is 11.5 Å². The quantitative estimate of drug-likeness (QED) is 0.314. The molecule has 0 saturated heterocycles. The molecule has 6 nitrogen and oxygen atoms in total. The normalized spacial score (nSPS) is 10.3. The molecule has 0 N–H and O–H groups in total. The number of hydrogen-bond acceptors (Lipinski definition) is 5. The second-order valence-corrected chi connectivity index (χ2v) is 4.67. The van der Waals surface area contributed by atoms with Gasteiger partial charge in [0.15, 0.2) is 0 Å². The van der Waals surface area contributed by atoms with E-state index in [1.165, 1.54) is 18.2 Å². The molecule has 0 radical (unpaired) electrons. The van der Waals surface area contributed by atoms with E-state index >= 15 is 0 Å². The highest BCUT2D eigenvalue weighted by atomic mass is 16.6. The Balaban J connectivity index is 1.77. The Morgan fingerprint density at radius 1 is 0.957 bits per heavy atom. The number of nitro benzene ring substituents is 1. The molecule has 0 fully saturated rings. The van der Waals surface area contributed by atoms with Crippen LogP contribution >= 0.6 is 0 Å². The van der Waals surface area contributed by atoms with Gasteiger partial charge in [-0.3, -0.25) is 10.1 Å². The van der Waals surface area contributed by atoms with Crippen molar-refractivity contribution in [3.8, 4) is 17.1 Å². The van der Waals surface area contributed by atoms with Gasteiger partial charge in [-0.2, -0.15) is 0 Å². The van der Waals surface area contributed by atoms with Gasteiger partial charge in [0.25, 0.3) is 5.69 Å². The SMILES string of the molecule is O=C(Oc1ccccc1)c1ccc(-c2ccc([N+](=O)[O-])cc2)o1. The summed E-state index contributed by atoms with van der Waals surface area (Å²) in [6.07, 6.45) is 0. The van der Waals surface area contributed by atoms with Crippen molar-refractivity contribution in [3.63, 3.8) is 0 Å². The summed E-state index contributed by atoms with van der Waals surface area (Å²) in [6.45, 7) is 0. The topological polar surface area (TPSA) is 82.6 Å². The van der Waals surface area contributed by atoms with Gasteiger partial charge in [-0.15, -0.1) is 0 Å². The predicted octanol–water partition coefficient (Wildman–Crippen LogP) is 4.07. The number of furan rings is 1. The zero-order valence-electron chi connectivity index (χ0n) is 11.8. The molecular weight excluding hydrogens is 298 g/mol. The second-order valence-electron chi connectivity index (χ2n) is 4.67. The summed E-state index contributed by atoms with van der Waals surface area (Å²) in [5.74, 6) is 0.303. The van der Waals surface area contributed by atoms with Gasteiger partial charge in [-0.05, 0) is 36.4 Å². The Hall–Kier alpha value is -3.41. The minimum absolute atomic E-state index is 0.0102. The molecule has 114 valence electrons. The van der Waals surface area contributed by atoms with Gasteiger partial charge in [-0.25, -0.2) is 4.79 Å². The Kier molecular flexibility index (Phi) is 3.88. The van der Waals surface area contributed by atoms with Crippen LogP contribution < -0.4 is 4.74 Å². The van der Waals surface area contributed by atoms with Crippen LogP contribution in [0.3, 0.4) is 0 Å². The van der Waals surface area contributed by atoms with Crippen LogP contribution in [0.4, 0.5) is 5.69 Å². The van der Waals surface area contributed by atoms with Crippen molar-refractivity contribution in [1.29, 1.82) is 0 Å². The minimum atomic E-state index is -0.607. The fourth-order valence-corrected chi connectivity index (χ4v) is 2.00. The van der Waals surface area contributed by atoms with Crippen LogP contribution in [0.25, 0.3) is 11.3 Å². The van der Waals surface area contributed by atoms with Gasteiger partial charge in [0.05, 0.1) is 4.92 Å². The zero-order chi connectivity index (χ0) is 16.2. The average molecular weight is 309 g/mol. The van der Waals surface area contributed by atoms with Crippen LogP contribution in [-0.4, -0.2) is 10.9 Å². The molecule has 0 atom stereocenters. The van der Waals surface area contributed by atoms with Crippen LogP contribution in [0.1, 0.15) is 10.6 Å². The molecule has 1 heterocycles. The molecule has 1 aromatic heterocycles. The number of non-ortho nitro benzene ring substituents is 1. The van der Waals surface area contributed by atoms with Crippen LogP contribution in [0, 0.1) is 10.1 Å². The lowest BCUT2D eigenvalue weighted by atomic mass is 10.1. The van der Waals surface area contributed by atoms with Crippen molar-refractivity contribution in [2.75, 3.05) is 0 Å². The molecule has 23 heavy (non-hydrogen) atoms. The van der Waals surface area contributed by atoms with Crippen LogP contribution in [0.2, 0.25) is 0 Å². The van der Waals surface area contributed by atoms with E-state index in [-0.39, 0.29) is 11.4 Å². The number of rotatable bonds is 4. The maximum absolute atomic E-state index is 12.0. The number of carbonyl (C=O) groups excluding carboxylic acids is 1. The lowest BCUT2D eigenvalue weighted by molar-refractivity contribution is -0.384. The van der Waals surface area contributed by atoms with Crippen molar-refractivity contribution in [3.05, 3.63) is 82.6 Å². The summed E-state index contributed by atoms with van der Waals surface area (Å²) < 4.78 is 10.6. The number of para-hydroxylation sites is 1. The van der Waals surface area contributed by atoms with Gasteiger partial charge in [0.2, 0.25) is 5.76 Å². The van der Waals surface area contributed by atoms with E-state index in [0.29, 0.717) is 17.1 Å². The highest BCUT2D eigenvalue weighted by Crippen LogP contribution is 2.25. The minimum Gasteiger partial charge on any atom is -0.449 e. The second kappa shape index (κ2) is 6.15. The first kappa shape index (κ1) is 14.5. The number of carbonyl (C=O) groups is 1. The van der Waals surface area contributed by atoms with E-state index in [0.717, 1.165) is 0 Å². The summed E-state index contributed by atoms with van der Waals surface area (Å²) in [5.41, 5.74) is 0.623. The Morgan fingerprint density at radius 2 is 1.65 bits per heavy atom. The van der Waals surface area contributed by atoms with E-state index in [2.05, 4.69) is 0 Å². The largest absolute Gasteiger partial charge is 0.449 e. The molecule has 6 heteroatoms. The zero-order valence-corrected chi connectivity index (χ0v) is 11.8. The summed E-state index contributed by atoms with van der Waals surface area (Å²) in [7, 11) is 0. The van der Waals surface area contributed by atoms with Crippen molar-refractivity contribution >= 4 is 11.7 Å². The summed E-state index contributed by atoms with van der Waals surface area (Å²) in [4.78, 5) is 22.2. The lowest BCUT2D eigenvalue weighted by Gasteiger charge is -2.01. The molecule has 0 unspecified atom stereocenters. The van der Waals surface area contributed by atoms with Gasteiger partial charge >= 0.3 is 5.97 Å². The Morgan fingerprint density at radius 3 is 2.30 bits per heavy atom. The number of hydrogen-bond donors (Lipinski definition) is 0. The third kappa shape index (κ3) is 3.26. The Bertz CT molecular complexity index is 837. The molecular formula is C17H11NO5. The highest BCUT2D eigenvalue weighted by Gasteiger charge is 2.15. The van der Waals surface area contributed by atoms with Crippen molar-refractivity contribution in [2.24, 2.45) is 0 Å². The Labute approximate surface area is 131 Å². The first-order valence-corrected chi connectivity index (χ1v) is 6.75. The number of ether oxygens (including phenoxy) is 1. The molecule has 0 aliphatic carbocycles. The first-order chi connectivity index (χ1) is 11.1. The van der Waals surface area contributed by atoms with Crippen LogP contribution in [0.5, 0.6) is 5.75 Å². The predicted molar refractivity (Wildman–Crippen MR) is 82.2 cm³/mol. The summed E-state index contributed by atoms with van der Waals surface area (Å²) in [5, 5.41) is 10.6. The van der Waals surface area contributed by atoms with E-state index in [1.54, 1.807) is 42.5 Å². The molecule has 0 aliphatic heterocycles. The van der Waals surface area contributed by atoms with Gasteiger partial charge in [0, 0.05) is 17.7 Å². The fraction of sp³-hybridized carbons (Fsp3) is 0. The van der Waals surface area contributed by atoms with Crippen LogP contribution in [-0.2, 0) is 0 Å². The third-order valence-corrected chi connectivity index (χ3v) is 3.12. The molecule has 0 amide bonds. The number of esters is 1. The smallest absolute Gasteiger partial charge is 0.379 e. The fourth-order valence-electron chi connectivity index (χ4n) is 2.00. The molecule has 0 aliphatic rings. The monoisotopic (exact) mass is 309 g/mol. The van der Waals surface area contributed by atoms with Crippen LogP contribution in [0.15, 0.2) is 71.1 Å². The number of benzene rings is 2. The highest BCUT2D eigenvalue weighted by molar-refractivity contribution is 5.88. The number of nitro groups is 1. The molecule has 3 rings (SSSR count). The summed E-state index contributed by atoms with van der Waals surface area (Å²) in [6, 6.07) is 17.6. The van der Waals surface area contributed by atoms with E-state index in [4.69, 9.17) is 9.15 Å². The maximum Gasteiger partial charge on any atom is 0.379 e. The third-order valence-electron chi connectivity index (χ3n) is 3.12. The molecule has 0 spiro atoms. The van der Waals surface area contributed by atoms with Crippen molar-refractivity contribution in [1.82, 2.24) is 0 Å². The van der Waals surface area contributed by atoms with Crippen molar-refractivity contribution < 1.29 is 18.9 Å². The van der Waals surface area contributed by atoms with E-state index < -0.39 is 10.9 Å². The lowest BCUT2D eigenvalue weighted by Crippen LogP contribution is -2.06. The molecule has 3 aromatic rings. The average Bonchev–Trinajstić information content (AvgIpc) is 3.06. The van der Waals surface area contributed by atoms with E-state index in [1.807, 2.05) is 6.07 Å². The maximum atomic E-state index is 12.0. The van der Waals surface area contributed by atoms with Gasteiger partial charge < -0.3 is 9.15 Å². The standard InChI is InChI=1S/C17H11NO5/c19-17(22-14-4-2-1-3-5-14)16-11-10-15(23-16)12-6-8-13(9-7-12)18(20)21/h1-11H. The molecule has 0 bridgehead atoms. The van der Waals surface area contributed by atoms with E-state index in [9.17, 15) is 14.9 Å². The first-order valence-electron chi connectivity index (χ1n) is 6.75. The number of nitrogens with zero attached hydrogens (tertiary/aromatic N) is 1. The van der Waals surface area contributed by atoms with Gasteiger partial charge in [-0.1, -0.05) is 18.2 Å².